The van der Waals surface area contributed by atoms with E-state index in [2.05, 4.69) is 10.3 Å². The highest BCUT2D eigenvalue weighted by Crippen LogP contribution is 2.42. The van der Waals surface area contributed by atoms with Gasteiger partial charge < -0.3 is 14.4 Å². The lowest BCUT2D eigenvalue weighted by Crippen LogP contribution is -2.49. The molecule has 4 atom stereocenters. The summed E-state index contributed by atoms with van der Waals surface area (Å²) in [5.74, 6) is 0.701. The fourth-order valence-electron chi connectivity index (χ4n) is 5.44. The first-order chi connectivity index (χ1) is 20.1. The van der Waals surface area contributed by atoms with E-state index in [4.69, 9.17) is 19.5 Å². The third kappa shape index (κ3) is 6.17. The van der Waals surface area contributed by atoms with E-state index in [1.807, 2.05) is 84.9 Å². The molecule has 42 heavy (non-hydrogen) atoms. The van der Waals surface area contributed by atoms with Gasteiger partial charge in [0.25, 0.3) is 5.56 Å². The highest BCUT2D eigenvalue weighted by atomic mass is 31.2. The van der Waals surface area contributed by atoms with Crippen molar-refractivity contribution in [2.75, 3.05) is 13.7 Å². The summed E-state index contributed by atoms with van der Waals surface area (Å²) in [5, 5.41) is 3.68. The maximum atomic E-state index is 12.6. The minimum atomic E-state index is -4.41. The summed E-state index contributed by atoms with van der Waals surface area (Å²) in [5.41, 5.74) is 6.45. The Kier molecular flexibility index (Phi) is 8.60. The average molecular weight is 593 g/mol. The average Bonchev–Trinajstić information content (AvgIpc) is 3.37. The maximum Gasteiger partial charge on any atom is 0.400 e. The lowest BCUT2D eigenvalue weighted by Gasteiger charge is -2.38. The molecule has 3 aromatic carbocycles. The van der Waals surface area contributed by atoms with Crippen molar-refractivity contribution < 1.29 is 23.5 Å². The molecule has 0 spiro atoms. The van der Waals surface area contributed by atoms with Crippen molar-refractivity contribution in [3.8, 4) is 5.75 Å². The van der Waals surface area contributed by atoms with Crippen LogP contribution in [-0.4, -0.2) is 40.3 Å². The number of nitrogens with two attached hydrogens (primary N) is 1. The molecule has 1 fully saturated rings. The number of nitrogens with zero attached hydrogens (tertiary/aromatic N) is 1. The third-order valence-electron chi connectivity index (χ3n) is 7.43. The van der Waals surface area contributed by atoms with Crippen molar-refractivity contribution in [3.05, 3.63) is 134 Å². The molecular weight excluding hydrogens is 559 g/mol. The summed E-state index contributed by atoms with van der Waals surface area (Å²) in [6.45, 7) is 1.70. The molecule has 5 rings (SSSR count). The van der Waals surface area contributed by atoms with Crippen molar-refractivity contribution >= 4 is 7.75 Å². The highest BCUT2D eigenvalue weighted by molar-refractivity contribution is 7.50. The molecule has 0 aliphatic carbocycles. The van der Waals surface area contributed by atoms with Gasteiger partial charge in [-0.3, -0.25) is 24.2 Å². The second-order valence-electron chi connectivity index (χ2n) is 10.1. The Bertz CT molecular complexity index is 1630. The fraction of sp³-hybridized carbons (Fsp3) is 0.267. The number of aryl methyl sites for hydroxylation is 1. The SMILES string of the molecule is COc1ccc(C(NC[C@H]2O[C@@H](n3cc(C)c(=O)[nH]c3=O)C[C@@H]2OP(N)(=O)O)(c2ccccc2)c2ccccc2)cc1. The second-order valence-corrected chi connectivity index (χ2v) is 11.5. The van der Waals surface area contributed by atoms with E-state index in [1.54, 1.807) is 14.0 Å². The summed E-state index contributed by atoms with van der Waals surface area (Å²) in [6, 6.07) is 27.5. The zero-order valence-corrected chi connectivity index (χ0v) is 24.1. The molecular formula is C30H33N4O7P. The van der Waals surface area contributed by atoms with Crippen LogP contribution in [0.3, 0.4) is 0 Å². The van der Waals surface area contributed by atoms with Crippen molar-refractivity contribution in [2.24, 2.45) is 5.50 Å². The van der Waals surface area contributed by atoms with E-state index >= 15 is 0 Å². The van der Waals surface area contributed by atoms with Crippen LogP contribution >= 0.6 is 7.75 Å². The Morgan fingerprint density at radius 1 is 1.02 bits per heavy atom. The molecule has 1 unspecified atom stereocenters. The number of nitrogens with one attached hydrogen (secondary N) is 2. The van der Waals surface area contributed by atoms with Gasteiger partial charge in [0.15, 0.2) is 0 Å². The molecule has 1 aliphatic rings. The standard InChI is InChI=1S/C30H33N4O7P/c1-20-19-34(29(36)33-28(20)35)27-17-25(41-42(31,37)38)26(40-27)18-32-30(21-9-5-3-6-10-21,22-11-7-4-8-12-22)23-13-15-24(39-2)16-14-23/h3-16,19,25-27,32H,17-18H2,1-2H3,(H3,31,37,38)(H,33,35,36)/t25-,26+,27+/m0/s1. The number of ether oxygens (including phenoxy) is 2. The minimum Gasteiger partial charge on any atom is -0.497 e. The quantitative estimate of drug-likeness (QED) is 0.160. The van der Waals surface area contributed by atoms with Crippen molar-refractivity contribution in [2.45, 2.75) is 37.3 Å². The normalized spacial score (nSPS) is 20.2. The van der Waals surface area contributed by atoms with E-state index in [9.17, 15) is 19.0 Å². The summed E-state index contributed by atoms with van der Waals surface area (Å²) in [6.07, 6.45) is -1.17. The molecule has 0 radical (unpaired) electrons. The predicted octanol–water partition coefficient (Wildman–Crippen LogP) is 3.17. The largest absolute Gasteiger partial charge is 0.497 e. The number of aromatic nitrogens is 2. The Balaban J connectivity index is 1.57. The molecule has 1 aromatic heterocycles. The molecule has 5 N–H and O–H groups in total. The van der Waals surface area contributed by atoms with E-state index in [1.165, 1.54) is 10.8 Å². The van der Waals surface area contributed by atoms with Crippen LogP contribution in [0.15, 0.2) is 101 Å². The molecule has 12 heteroatoms. The smallest absolute Gasteiger partial charge is 0.400 e. The summed E-state index contributed by atoms with van der Waals surface area (Å²) in [7, 11) is -2.81. The number of hydrogen-bond acceptors (Lipinski definition) is 7. The Labute approximate surface area is 242 Å². The van der Waals surface area contributed by atoms with Gasteiger partial charge in [0.2, 0.25) is 0 Å². The number of benzene rings is 3. The Morgan fingerprint density at radius 3 is 2.14 bits per heavy atom. The van der Waals surface area contributed by atoms with E-state index in [0.29, 0.717) is 11.3 Å². The Hall–Kier alpha value is -3.83. The number of H-pyrrole nitrogens is 1. The molecule has 2 heterocycles. The lowest BCUT2D eigenvalue weighted by atomic mass is 9.77. The van der Waals surface area contributed by atoms with E-state index in [-0.39, 0.29) is 13.0 Å². The first kappa shape index (κ1) is 29.7. The lowest BCUT2D eigenvalue weighted by molar-refractivity contribution is -0.0188. The van der Waals surface area contributed by atoms with Gasteiger partial charge in [-0.2, -0.15) is 0 Å². The van der Waals surface area contributed by atoms with Crippen LogP contribution in [0.4, 0.5) is 0 Å². The summed E-state index contributed by atoms with van der Waals surface area (Å²) >= 11 is 0. The molecule has 11 nitrogen and oxygen atoms in total. The van der Waals surface area contributed by atoms with Crippen molar-refractivity contribution in [1.29, 1.82) is 0 Å². The van der Waals surface area contributed by atoms with Crippen LogP contribution in [0.1, 0.15) is 34.9 Å². The zero-order chi connectivity index (χ0) is 29.9. The van der Waals surface area contributed by atoms with Gasteiger partial charge >= 0.3 is 13.4 Å². The van der Waals surface area contributed by atoms with Crippen LogP contribution in [0.25, 0.3) is 0 Å². The van der Waals surface area contributed by atoms with Gasteiger partial charge in [0.1, 0.15) is 18.1 Å². The molecule has 1 saturated heterocycles. The summed E-state index contributed by atoms with van der Waals surface area (Å²) in [4.78, 5) is 36.8. The fourth-order valence-corrected chi connectivity index (χ4v) is 6.05. The maximum absolute atomic E-state index is 12.6. The topological polar surface area (TPSA) is 158 Å². The first-order valence-electron chi connectivity index (χ1n) is 13.4. The monoisotopic (exact) mass is 592 g/mol. The van der Waals surface area contributed by atoms with Gasteiger partial charge in [-0.1, -0.05) is 72.8 Å². The number of aromatic amines is 1. The molecule has 220 valence electrons. The predicted molar refractivity (Wildman–Crippen MR) is 157 cm³/mol. The number of hydrogen-bond donors (Lipinski definition) is 4. The van der Waals surface area contributed by atoms with E-state index in [0.717, 1.165) is 16.7 Å². The number of rotatable bonds is 10. The van der Waals surface area contributed by atoms with Gasteiger partial charge in [-0.15, -0.1) is 0 Å². The molecule has 0 bridgehead atoms. The molecule has 0 amide bonds. The second kappa shape index (κ2) is 12.2. The Morgan fingerprint density at radius 2 is 1.60 bits per heavy atom. The van der Waals surface area contributed by atoms with Crippen molar-refractivity contribution in [3.63, 3.8) is 0 Å². The number of methoxy groups -OCH3 is 1. The molecule has 4 aromatic rings. The minimum absolute atomic E-state index is 0.0473. The third-order valence-corrected chi connectivity index (χ3v) is 8.00. The van der Waals surface area contributed by atoms with Crippen LogP contribution < -0.4 is 26.8 Å². The summed E-state index contributed by atoms with van der Waals surface area (Å²) < 4.78 is 30.5. The van der Waals surface area contributed by atoms with E-state index < -0.39 is 43.0 Å². The van der Waals surface area contributed by atoms with Gasteiger partial charge in [-0.25, -0.2) is 14.9 Å². The van der Waals surface area contributed by atoms with Crippen LogP contribution in [0.2, 0.25) is 0 Å². The first-order valence-corrected chi connectivity index (χ1v) is 15.0. The van der Waals surface area contributed by atoms with Crippen LogP contribution in [-0.2, 0) is 19.4 Å². The van der Waals surface area contributed by atoms with Crippen molar-refractivity contribution in [1.82, 2.24) is 14.9 Å². The van der Waals surface area contributed by atoms with Gasteiger partial charge in [0, 0.05) is 24.7 Å². The van der Waals surface area contributed by atoms with Gasteiger partial charge in [0.05, 0.1) is 18.8 Å². The molecule has 1 aliphatic heterocycles. The highest BCUT2D eigenvalue weighted by Gasteiger charge is 2.43. The molecule has 0 saturated carbocycles. The van der Waals surface area contributed by atoms with Gasteiger partial charge in [-0.05, 0) is 35.7 Å². The van der Waals surface area contributed by atoms with Crippen LogP contribution in [0.5, 0.6) is 5.75 Å². The van der Waals surface area contributed by atoms with Crippen LogP contribution in [0, 0.1) is 6.92 Å². The zero-order valence-electron chi connectivity index (χ0n) is 23.2.